The molecule has 0 unspecified atom stereocenters. The first-order chi connectivity index (χ1) is 14.4. The van der Waals surface area contributed by atoms with Gasteiger partial charge in [-0.15, -0.1) is 0 Å². The van der Waals surface area contributed by atoms with Gasteiger partial charge in [0.1, 0.15) is 12.3 Å². The van der Waals surface area contributed by atoms with Crippen molar-refractivity contribution >= 4 is 40.7 Å². The minimum absolute atomic E-state index is 0.150. The molecule has 1 N–H and O–H groups in total. The zero-order valence-electron chi connectivity index (χ0n) is 16.6. The van der Waals surface area contributed by atoms with E-state index in [1.165, 1.54) is 4.90 Å². The van der Waals surface area contributed by atoms with Crippen molar-refractivity contribution in [1.29, 1.82) is 0 Å². The summed E-state index contributed by atoms with van der Waals surface area (Å²) in [7, 11) is 0. The molecule has 1 heterocycles. The van der Waals surface area contributed by atoms with Gasteiger partial charge in [0.15, 0.2) is 5.69 Å². The fraction of sp³-hybridized carbons (Fsp3) is 0.227. The minimum Gasteiger partial charge on any atom is -0.441 e. The molecule has 0 bridgehead atoms. The molecule has 30 heavy (non-hydrogen) atoms. The predicted octanol–water partition coefficient (Wildman–Crippen LogP) is 5.45. The molecule has 1 aromatic heterocycles. The van der Waals surface area contributed by atoms with E-state index in [9.17, 15) is 9.59 Å². The molecule has 0 aliphatic carbocycles. The number of anilines is 1. The van der Waals surface area contributed by atoms with Crippen molar-refractivity contribution in [2.75, 3.05) is 18.4 Å². The van der Waals surface area contributed by atoms with Gasteiger partial charge in [0.2, 0.25) is 11.8 Å². The molecule has 3 aromatic rings. The first kappa shape index (κ1) is 21.9. The number of carbonyl (C=O) groups excluding carboxylic acids is 2. The molecule has 0 spiro atoms. The second-order valence-electron chi connectivity index (χ2n) is 6.69. The van der Waals surface area contributed by atoms with E-state index in [1.54, 1.807) is 25.1 Å². The van der Waals surface area contributed by atoms with Crippen LogP contribution in [0.3, 0.4) is 0 Å². The van der Waals surface area contributed by atoms with Crippen molar-refractivity contribution in [3.05, 3.63) is 70.0 Å². The average Bonchev–Trinajstić information content (AvgIpc) is 3.12. The Kier molecular flexibility index (Phi) is 7.13. The topological polar surface area (TPSA) is 75.4 Å². The van der Waals surface area contributed by atoms with Gasteiger partial charge in [-0.1, -0.05) is 48.3 Å². The van der Waals surface area contributed by atoms with Crippen LogP contribution in [0.1, 0.15) is 29.6 Å². The Morgan fingerprint density at radius 3 is 2.57 bits per heavy atom. The summed E-state index contributed by atoms with van der Waals surface area (Å²) in [5.41, 5.74) is 1.35. The third-order valence-electron chi connectivity index (χ3n) is 4.34. The maximum Gasteiger partial charge on any atom is 0.276 e. The predicted molar refractivity (Wildman–Crippen MR) is 118 cm³/mol. The van der Waals surface area contributed by atoms with Crippen molar-refractivity contribution in [2.45, 2.75) is 20.3 Å². The van der Waals surface area contributed by atoms with E-state index >= 15 is 0 Å². The normalized spacial score (nSPS) is 10.7. The van der Waals surface area contributed by atoms with Gasteiger partial charge in [-0.25, -0.2) is 4.98 Å². The Bertz CT molecular complexity index is 1050. The Morgan fingerprint density at radius 1 is 1.13 bits per heavy atom. The van der Waals surface area contributed by atoms with E-state index in [4.69, 9.17) is 27.6 Å². The molecule has 2 amide bonds. The SMILES string of the molecule is CCCN(CC(=O)Nc1cc(Cl)ccc1Cl)C(=O)c1nc(-c2ccccc2)oc1C. The molecule has 0 radical (unpaired) electrons. The Labute approximate surface area is 184 Å². The van der Waals surface area contributed by atoms with Gasteiger partial charge in [0.05, 0.1) is 10.7 Å². The maximum atomic E-state index is 13.1. The molecule has 156 valence electrons. The number of nitrogens with zero attached hydrogens (tertiary/aromatic N) is 2. The number of aromatic nitrogens is 1. The van der Waals surface area contributed by atoms with E-state index in [1.807, 2.05) is 37.3 Å². The number of amides is 2. The molecule has 6 nitrogen and oxygen atoms in total. The molecule has 0 saturated heterocycles. The number of carbonyl (C=O) groups is 2. The third-order valence-corrected chi connectivity index (χ3v) is 4.90. The largest absolute Gasteiger partial charge is 0.441 e. The number of halogens is 2. The van der Waals surface area contributed by atoms with E-state index in [-0.39, 0.29) is 24.1 Å². The minimum atomic E-state index is -0.384. The Balaban J connectivity index is 1.77. The van der Waals surface area contributed by atoms with Gasteiger partial charge in [-0.3, -0.25) is 9.59 Å². The molecule has 8 heteroatoms. The van der Waals surface area contributed by atoms with Crippen molar-refractivity contribution in [1.82, 2.24) is 9.88 Å². The molecule has 0 fully saturated rings. The zero-order valence-corrected chi connectivity index (χ0v) is 18.1. The number of hydrogen-bond acceptors (Lipinski definition) is 4. The van der Waals surface area contributed by atoms with Crippen LogP contribution in [0.25, 0.3) is 11.5 Å². The van der Waals surface area contributed by atoms with Crippen LogP contribution in [-0.4, -0.2) is 34.8 Å². The molecular weight excluding hydrogens is 425 g/mol. The van der Waals surface area contributed by atoms with Crippen molar-refractivity contribution in [2.24, 2.45) is 0 Å². The summed E-state index contributed by atoms with van der Waals surface area (Å²) in [6, 6.07) is 14.1. The number of nitrogens with one attached hydrogen (secondary N) is 1. The lowest BCUT2D eigenvalue weighted by atomic mass is 10.2. The van der Waals surface area contributed by atoms with Gasteiger partial charge in [-0.2, -0.15) is 0 Å². The van der Waals surface area contributed by atoms with Gasteiger partial charge in [-0.05, 0) is 43.7 Å². The Hall–Kier alpha value is -2.83. The van der Waals surface area contributed by atoms with Crippen LogP contribution in [0, 0.1) is 6.92 Å². The first-order valence-electron chi connectivity index (χ1n) is 9.46. The second kappa shape index (κ2) is 9.78. The summed E-state index contributed by atoms with van der Waals surface area (Å²) in [6.45, 7) is 3.85. The Morgan fingerprint density at radius 2 is 1.87 bits per heavy atom. The molecule has 0 saturated carbocycles. The lowest BCUT2D eigenvalue weighted by Crippen LogP contribution is -2.39. The first-order valence-corrected chi connectivity index (χ1v) is 10.2. The summed E-state index contributed by atoms with van der Waals surface area (Å²) in [5.74, 6) is 0.0133. The summed E-state index contributed by atoms with van der Waals surface area (Å²) in [4.78, 5) is 31.5. The van der Waals surface area contributed by atoms with Crippen LogP contribution in [0.4, 0.5) is 5.69 Å². The van der Waals surface area contributed by atoms with Crippen molar-refractivity contribution < 1.29 is 14.0 Å². The van der Waals surface area contributed by atoms with Crippen LogP contribution in [0.2, 0.25) is 10.0 Å². The molecule has 0 aliphatic heterocycles. The van der Waals surface area contributed by atoms with Crippen LogP contribution in [0.5, 0.6) is 0 Å². The summed E-state index contributed by atoms with van der Waals surface area (Å²) < 4.78 is 5.69. The zero-order chi connectivity index (χ0) is 21.7. The van der Waals surface area contributed by atoms with Crippen molar-refractivity contribution in [3.63, 3.8) is 0 Å². The van der Waals surface area contributed by atoms with E-state index < -0.39 is 0 Å². The molecule has 2 aromatic carbocycles. The smallest absolute Gasteiger partial charge is 0.276 e. The molecular formula is C22H21Cl2N3O3. The van der Waals surface area contributed by atoms with E-state index in [0.29, 0.717) is 40.3 Å². The fourth-order valence-electron chi connectivity index (χ4n) is 2.93. The van der Waals surface area contributed by atoms with Gasteiger partial charge in [0.25, 0.3) is 5.91 Å². The number of hydrogen-bond donors (Lipinski definition) is 1. The highest BCUT2D eigenvalue weighted by molar-refractivity contribution is 6.35. The monoisotopic (exact) mass is 445 g/mol. The summed E-state index contributed by atoms with van der Waals surface area (Å²) >= 11 is 12.1. The third kappa shape index (κ3) is 5.20. The van der Waals surface area contributed by atoms with Crippen LogP contribution >= 0.6 is 23.2 Å². The maximum absolute atomic E-state index is 13.1. The quantitative estimate of drug-likeness (QED) is 0.524. The standard InChI is InChI=1S/C22H21Cl2N3O3/c1-3-11-27(13-19(28)25-18-12-16(23)9-10-17(18)24)22(29)20-14(2)30-21(26-20)15-7-5-4-6-8-15/h4-10,12H,3,11,13H2,1-2H3,(H,25,28). The van der Waals surface area contributed by atoms with Gasteiger partial charge in [0, 0.05) is 17.1 Å². The second-order valence-corrected chi connectivity index (χ2v) is 7.53. The van der Waals surface area contributed by atoms with Gasteiger partial charge < -0.3 is 14.6 Å². The highest BCUT2D eigenvalue weighted by atomic mass is 35.5. The summed E-state index contributed by atoms with van der Waals surface area (Å²) in [6.07, 6.45) is 0.680. The van der Waals surface area contributed by atoms with E-state index in [2.05, 4.69) is 10.3 Å². The summed E-state index contributed by atoms with van der Waals surface area (Å²) in [5, 5.41) is 3.51. The number of oxazole rings is 1. The number of benzene rings is 2. The molecule has 3 rings (SSSR count). The number of rotatable bonds is 7. The highest BCUT2D eigenvalue weighted by Crippen LogP contribution is 2.26. The molecule has 0 atom stereocenters. The lowest BCUT2D eigenvalue weighted by molar-refractivity contribution is -0.116. The van der Waals surface area contributed by atoms with Crippen LogP contribution in [-0.2, 0) is 4.79 Å². The highest BCUT2D eigenvalue weighted by Gasteiger charge is 2.25. The lowest BCUT2D eigenvalue weighted by Gasteiger charge is -2.21. The van der Waals surface area contributed by atoms with Gasteiger partial charge >= 0.3 is 0 Å². The average molecular weight is 446 g/mol. The fourth-order valence-corrected chi connectivity index (χ4v) is 3.26. The van der Waals surface area contributed by atoms with Crippen LogP contribution in [0.15, 0.2) is 52.9 Å². The van der Waals surface area contributed by atoms with Crippen molar-refractivity contribution in [3.8, 4) is 11.5 Å². The number of aryl methyl sites for hydroxylation is 1. The van der Waals surface area contributed by atoms with E-state index in [0.717, 1.165) is 5.56 Å². The molecule has 0 aliphatic rings. The van der Waals surface area contributed by atoms with Crippen LogP contribution < -0.4 is 5.32 Å².